The molecule has 1 aliphatic heterocycles. The SMILES string of the molecule is Clc1ccc(-c2cc(Nc3ccnc(N4CCOCC4)n3)n[nH]2)cc1. The number of nitrogens with one attached hydrogen (secondary N) is 2. The van der Waals surface area contributed by atoms with Gasteiger partial charge in [0, 0.05) is 30.4 Å². The zero-order valence-electron chi connectivity index (χ0n) is 13.4. The fraction of sp³-hybridized carbons (Fsp3) is 0.235. The third-order valence-electron chi connectivity index (χ3n) is 3.93. The number of halogens is 1. The monoisotopic (exact) mass is 356 g/mol. The first-order valence-corrected chi connectivity index (χ1v) is 8.40. The van der Waals surface area contributed by atoms with Crippen molar-refractivity contribution < 1.29 is 4.74 Å². The van der Waals surface area contributed by atoms with E-state index in [1.54, 1.807) is 6.20 Å². The molecule has 3 aromatic rings. The van der Waals surface area contributed by atoms with E-state index in [4.69, 9.17) is 16.3 Å². The van der Waals surface area contributed by atoms with E-state index >= 15 is 0 Å². The number of ether oxygens (including phenoxy) is 1. The Labute approximate surface area is 150 Å². The summed E-state index contributed by atoms with van der Waals surface area (Å²) in [7, 11) is 0. The molecule has 1 aliphatic rings. The molecule has 0 aliphatic carbocycles. The van der Waals surface area contributed by atoms with Gasteiger partial charge in [-0.05, 0) is 23.8 Å². The minimum absolute atomic E-state index is 0.691. The van der Waals surface area contributed by atoms with Crippen molar-refractivity contribution in [3.05, 3.63) is 47.6 Å². The number of morpholine rings is 1. The minimum Gasteiger partial charge on any atom is -0.378 e. The fourth-order valence-corrected chi connectivity index (χ4v) is 2.75. The first-order valence-electron chi connectivity index (χ1n) is 8.02. The third kappa shape index (κ3) is 3.72. The first-order chi connectivity index (χ1) is 12.3. The Morgan fingerprint density at radius 3 is 2.68 bits per heavy atom. The van der Waals surface area contributed by atoms with E-state index in [2.05, 4.69) is 30.4 Å². The maximum absolute atomic E-state index is 5.93. The van der Waals surface area contributed by atoms with Gasteiger partial charge in [-0.1, -0.05) is 23.7 Å². The molecule has 2 N–H and O–H groups in total. The Bertz CT molecular complexity index is 844. The van der Waals surface area contributed by atoms with Gasteiger partial charge in [-0.25, -0.2) is 4.98 Å². The molecule has 0 bridgehead atoms. The summed E-state index contributed by atoms with van der Waals surface area (Å²) in [5, 5.41) is 11.2. The van der Waals surface area contributed by atoms with Crippen molar-refractivity contribution in [2.45, 2.75) is 0 Å². The summed E-state index contributed by atoms with van der Waals surface area (Å²) in [4.78, 5) is 11.0. The molecule has 0 spiro atoms. The summed E-state index contributed by atoms with van der Waals surface area (Å²) >= 11 is 5.93. The van der Waals surface area contributed by atoms with Gasteiger partial charge in [0.2, 0.25) is 5.95 Å². The lowest BCUT2D eigenvalue weighted by molar-refractivity contribution is 0.122. The van der Waals surface area contributed by atoms with Crippen molar-refractivity contribution in [2.75, 3.05) is 36.5 Å². The molecule has 128 valence electrons. The summed E-state index contributed by atoms with van der Waals surface area (Å²) in [5.74, 6) is 2.09. The highest BCUT2D eigenvalue weighted by molar-refractivity contribution is 6.30. The molecular formula is C17H17ClN6O. The van der Waals surface area contributed by atoms with E-state index < -0.39 is 0 Å². The Morgan fingerprint density at radius 2 is 1.88 bits per heavy atom. The molecule has 25 heavy (non-hydrogen) atoms. The molecule has 0 atom stereocenters. The highest BCUT2D eigenvalue weighted by Gasteiger charge is 2.14. The fourth-order valence-electron chi connectivity index (χ4n) is 2.63. The van der Waals surface area contributed by atoms with E-state index in [0.717, 1.165) is 24.3 Å². The average molecular weight is 357 g/mol. The molecule has 1 saturated heterocycles. The number of anilines is 3. The van der Waals surface area contributed by atoms with Crippen LogP contribution in [0, 0.1) is 0 Å². The molecule has 2 aromatic heterocycles. The third-order valence-corrected chi connectivity index (χ3v) is 4.18. The van der Waals surface area contributed by atoms with Gasteiger partial charge in [0.15, 0.2) is 5.82 Å². The van der Waals surface area contributed by atoms with Crippen molar-refractivity contribution in [1.82, 2.24) is 20.2 Å². The topological polar surface area (TPSA) is 79.0 Å². The second-order valence-corrected chi connectivity index (χ2v) is 6.08. The van der Waals surface area contributed by atoms with Crippen LogP contribution in [0.15, 0.2) is 42.6 Å². The Morgan fingerprint density at radius 1 is 1.08 bits per heavy atom. The van der Waals surface area contributed by atoms with Crippen LogP contribution < -0.4 is 10.2 Å². The Kier molecular flexibility index (Phi) is 4.49. The molecule has 3 heterocycles. The van der Waals surface area contributed by atoms with Gasteiger partial charge in [0.05, 0.1) is 18.9 Å². The highest BCUT2D eigenvalue weighted by atomic mass is 35.5. The summed E-state index contributed by atoms with van der Waals surface area (Å²) in [6, 6.07) is 11.3. The van der Waals surface area contributed by atoms with E-state index in [1.165, 1.54) is 0 Å². The number of H-pyrrole nitrogens is 1. The molecule has 0 saturated carbocycles. The largest absolute Gasteiger partial charge is 0.378 e. The van der Waals surface area contributed by atoms with Gasteiger partial charge < -0.3 is 15.0 Å². The molecule has 4 rings (SSSR count). The van der Waals surface area contributed by atoms with Gasteiger partial charge in [-0.3, -0.25) is 5.10 Å². The number of aromatic amines is 1. The van der Waals surface area contributed by atoms with Crippen LogP contribution in [-0.4, -0.2) is 46.5 Å². The van der Waals surface area contributed by atoms with Crippen LogP contribution in [0.5, 0.6) is 0 Å². The molecule has 1 fully saturated rings. The number of hydrogen-bond acceptors (Lipinski definition) is 6. The predicted molar refractivity (Wildman–Crippen MR) is 97.4 cm³/mol. The molecule has 0 unspecified atom stereocenters. The van der Waals surface area contributed by atoms with Crippen molar-refractivity contribution in [3.63, 3.8) is 0 Å². The molecule has 8 heteroatoms. The second-order valence-electron chi connectivity index (χ2n) is 5.64. The van der Waals surface area contributed by atoms with E-state index in [-0.39, 0.29) is 0 Å². The smallest absolute Gasteiger partial charge is 0.227 e. The second kappa shape index (κ2) is 7.08. The summed E-state index contributed by atoms with van der Waals surface area (Å²) in [5.41, 5.74) is 1.92. The lowest BCUT2D eigenvalue weighted by atomic mass is 10.1. The molecule has 0 amide bonds. The number of aromatic nitrogens is 4. The first kappa shape index (κ1) is 15.9. The zero-order chi connectivity index (χ0) is 17.1. The summed E-state index contributed by atoms with van der Waals surface area (Å²) in [6.07, 6.45) is 1.74. The Hall–Kier alpha value is -2.64. The highest BCUT2D eigenvalue weighted by Crippen LogP contribution is 2.23. The van der Waals surface area contributed by atoms with Crippen molar-refractivity contribution in [1.29, 1.82) is 0 Å². The summed E-state index contributed by atoms with van der Waals surface area (Å²) < 4.78 is 5.36. The standard InChI is InChI=1S/C17H17ClN6O/c18-13-3-1-12(2-4-13)14-11-16(23-22-14)20-15-5-6-19-17(21-15)24-7-9-25-10-8-24/h1-6,11H,7-10H2,(H2,19,20,21,22,23). The van der Waals surface area contributed by atoms with Crippen LogP contribution in [0.1, 0.15) is 0 Å². The predicted octanol–water partition coefficient (Wildman–Crippen LogP) is 3.10. The molecule has 0 radical (unpaired) electrons. The number of benzene rings is 1. The van der Waals surface area contributed by atoms with Gasteiger partial charge >= 0.3 is 0 Å². The van der Waals surface area contributed by atoms with Crippen LogP contribution in [0.4, 0.5) is 17.6 Å². The van der Waals surface area contributed by atoms with Crippen LogP contribution in [0.2, 0.25) is 5.02 Å². The van der Waals surface area contributed by atoms with Crippen molar-refractivity contribution >= 4 is 29.2 Å². The maximum atomic E-state index is 5.93. The normalized spacial score (nSPS) is 14.5. The summed E-state index contributed by atoms with van der Waals surface area (Å²) in [6.45, 7) is 2.99. The van der Waals surface area contributed by atoms with Crippen LogP contribution in [0.3, 0.4) is 0 Å². The maximum Gasteiger partial charge on any atom is 0.227 e. The molecule has 7 nitrogen and oxygen atoms in total. The molecule has 1 aromatic carbocycles. The van der Waals surface area contributed by atoms with Crippen molar-refractivity contribution in [2.24, 2.45) is 0 Å². The van der Waals surface area contributed by atoms with Gasteiger partial charge in [0.1, 0.15) is 5.82 Å². The number of nitrogens with zero attached hydrogens (tertiary/aromatic N) is 4. The number of hydrogen-bond donors (Lipinski definition) is 2. The lowest BCUT2D eigenvalue weighted by Gasteiger charge is -2.26. The number of rotatable bonds is 4. The quantitative estimate of drug-likeness (QED) is 0.747. The van der Waals surface area contributed by atoms with Crippen molar-refractivity contribution in [3.8, 4) is 11.3 Å². The Balaban J connectivity index is 1.50. The molecular weight excluding hydrogens is 340 g/mol. The van der Waals surface area contributed by atoms with Crippen LogP contribution >= 0.6 is 11.6 Å². The van der Waals surface area contributed by atoms with E-state index in [0.29, 0.717) is 35.8 Å². The minimum atomic E-state index is 0.691. The zero-order valence-corrected chi connectivity index (χ0v) is 14.2. The lowest BCUT2D eigenvalue weighted by Crippen LogP contribution is -2.37. The van der Waals surface area contributed by atoms with Gasteiger partial charge in [-0.15, -0.1) is 0 Å². The van der Waals surface area contributed by atoms with E-state index in [9.17, 15) is 0 Å². The van der Waals surface area contributed by atoms with Gasteiger partial charge in [-0.2, -0.15) is 10.1 Å². The average Bonchev–Trinajstić information content (AvgIpc) is 3.12. The van der Waals surface area contributed by atoms with Crippen LogP contribution in [0.25, 0.3) is 11.3 Å². The van der Waals surface area contributed by atoms with E-state index in [1.807, 2.05) is 36.4 Å². The van der Waals surface area contributed by atoms with Gasteiger partial charge in [0.25, 0.3) is 0 Å². The van der Waals surface area contributed by atoms with Crippen LogP contribution in [-0.2, 0) is 4.74 Å².